The standard InChI is InChI=1S/C40H29N2O4P/c1-25-11-9-18-31(42-40(43)32-17-7-8-24-41-32)36(25)37-26(2)12-10-19-33(37)44-47-45-34-22-20-27-13-3-5-15-29(27)38(34)39-30-16-6-4-14-28(30)21-23-35(39)46-47/h3-24H,1-2H3,(H,42,43). The molecule has 6 nitrogen and oxygen atoms in total. The quantitative estimate of drug-likeness (QED) is 0.204. The summed E-state index contributed by atoms with van der Waals surface area (Å²) in [6, 6.07) is 41.8. The molecular weight excluding hydrogens is 603 g/mol. The molecule has 0 unspecified atom stereocenters. The molecule has 228 valence electrons. The van der Waals surface area contributed by atoms with Crippen LogP contribution in [-0.4, -0.2) is 10.9 Å². The second kappa shape index (κ2) is 11.8. The Morgan fingerprint density at radius 1 is 0.638 bits per heavy atom. The van der Waals surface area contributed by atoms with Gasteiger partial charge in [-0.1, -0.05) is 91.0 Å². The van der Waals surface area contributed by atoms with E-state index < -0.39 is 8.24 Å². The van der Waals surface area contributed by atoms with Crippen molar-refractivity contribution in [3.8, 4) is 16.9 Å². The minimum atomic E-state index is -1.95. The van der Waals surface area contributed by atoms with Gasteiger partial charge in [0.15, 0.2) is 0 Å². The molecule has 0 spiro atoms. The highest BCUT2D eigenvalue weighted by atomic mass is 31.1. The van der Waals surface area contributed by atoms with Crippen molar-refractivity contribution >= 4 is 63.3 Å². The minimum Gasteiger partial charge on any atom is -0.390 e. The summed E-state index contributed by atoms with van der Waals surface area (Å²) in [7, 11) is -1.95. The Morgan fingerprint density at radius 3 is 1.87 bits per heavy atom. The van der Waals surface area contributed by atoms with E-state index in [-0.39, 0.29) is 5.91 Å². The van der Waals surface area contributed by atoms with Gasteiger partial charge in [-0.25, -0.2) is 0 Å². The number of hydrogen-bond acceptors (Lipinski definition) is 5. The second-order valence-electron chi connectivity index (χ2n) is 11.4. The third-order valence-corrected chi connectivity index (χ3v) is 9.49. The van der Waals surface area contributed by atoms with E-state index >= 15 is 0 Å². The van der Waals surface area contributed by atoms with Crippen LogP contribution in [0.1, 0.15) is 21.6 Å². The summed E-state index contributed by atoms with van der Waals surface area (Å²) in [5.74, 6) is 0.298. The third-order valence-electron chi connectivity index (χ3n) is 8.45. The van der Waals surface area contributed by atoms with Crippen LogP contribution in [0.2, 0.25) is 0 Å². The number of amides is 1. The first-order valence-electron chi connectivity index (χ1n) is 15.3. The Morgan fingerprint density at radius 2 is 1.23 bits per heavy atom. The van der Waals surface area contributed by atoms with E-state index in [2.05, 4.69) is 46.7 Å². The van der Waals surface area contributed by atoms with E-state index in [1.807, 2.05) is 86.6 Å². The van der Waals surface area contributed by atoms with E-state index in [9.17, 15) is 4.79 Å². The maximum atomic E-state index is 13.2. The number of carbonyl (C=O) groups is 1. The predicted molar refractivity (Wildman–Crippen MR) is 191 cm³/mol. The van der Waals surface area contributed by atoms with Crippen LogP contribution >= 0.6 is 8.24 Å². The first-order chi connectivity index (χ1) is 23.0. The maximum Gasteiger partial charge on any atom is 0.453 e. The van der Waals surface area contributed by atoms with E-state index in [1.165, 1.54) is 0 Å². The molecule has 0 fully saturated rings. The van der Waals surface area contributed by atoms with Crippen LogP contribution in [0.25, 0.3) is 54.6 Å². The van der Waals surface area contributed by atoms with Gasteiger partial charge in [-0.05, 0) is 82.9 Å². The number of nitrogens with zero attached hydrogens (tertiary/aromatic N) is 1. The molecule has 0 aliphatic carbocycles. The summed E-state index contributed by atoms with van der Waals surface area (Å²) < 4.78 is 20.0. The van der Waals surface area contributed by atoms with Crippen molar-refractivity contribution in [3.05, 3.63) is 150 Å². The van der Waals surface area contributed by atoms with Gasteiger partial charge in [-0.15, -0.1) is 0 Å². The zero-order chi connectivity index (χ0) is 31.9. The number of carbonyl (C=O) groups excluding carboxylic acids is 1. The fourth-order valence-corrected chi connectivity index (χ4v) is 7.34. The average Bonchev–Trinajstić information content (AvgIpc) is 3.26. The number of hydrogen-bond donors (Lipinski definition) is 1. The van der Waals surface area contributed by atoms with Gasteiger partial charge in [0.2, 0.25) is 0 Å². The number of aromatic nitrogens is 1. The maximum absolute atomic E-state index is 13.2. The van der Waals surface area contributed by atoms with Gasteiger partial charge in [0.25, 0.3) is 5.91 Å². The van der Waals surface area contributed by atoms with E-state index in [4.69, 9.17) is 12.9 Å². The molecule has 0 saturated carbocycles. The Hall–Kier alpha value is -5.84. The van der Waals surface area contributed by atoms with Gasteiger partial charge in [0.05, 0.1) is 0 Å². The molecule has 0 saturated heterocycles. The van der Waals surface area contributed by atoms with E-state index in [0.717, 1.165) is 54.6 Å². The zero-order valence-electron chi connectivity index (χ0n) is 25.7. The Kier molecular flexibility index (Phi) is 7.20. The highest BCUT2D eigenvalue weighted by molar-refractivity contribution is 7.32. The van der Waals surface area contributed by atoms with Gasteiger partial charge >= 0.3 is 8.24 Å². The molecule has 8 rings (SSSR count). The fourth-order valence-electron chi connectivity index (χ4n) is 6.29. The van der Waals surface area contributed by atoms with Crippen molar-refractivity contribution in [2.24, 2.45) is 0 Å². The molecule has 0 atom stereocenters. The minimum absolute atomic E-state index is 0.291. The second-order valence-corrected chi connectivity index (χ2v) is 12.4. The van der Waals surface area contributed by atoms with Crippen LogP contribution in [0.4, 0.5) is 5.69 Å². The van der Waals surface area contributed by atoms with Crippen LogP contribution in [0, 0.1) is 13.8 Å². The molecule has 7 heteroatoms. The van der Waals surface area contributed by atoms with E-state index in [1.54, 1.807) is 24.4 Å². The van der Waals surface area contributed by atoms with Crippen molar-refractivity contribution in [1.29, 1.82) is 0 Å². The molecule has 47 heavy (non-hydrogen) atoms. The van der Waals surface area contributed by atoms with Gasteiger partial charge in [-0.2, -0.15) is 0 Å². The topological polar surface area (TPSA) is 77.5 Å². The molecule has 1 N–H and O–H groups in total. The van der Waals surface area contributed by atoms with Crippen molar-refractivity contribution in [2.45, 2.75) is 13.8 Å². The number of aryl methyl sites for hydroxylation is 2. The average molecular weight is 633 g/mol. The van der Waals surface area contributed by atoms with E-state index in [0.29, 0.717) is 28.3 Å². The molecule has 2 aromatic heterocycles. The van der Waals surface area contributed by atoms with Crippen LogP contribution in [-0.2, 0) is 0 Å². The largest absolute Gasteiger partial charge is 0.453 e. The smallest absolute Gasteiger partial charge is 0.390 e. The molecular formula is C40H29N2O4P. The number of anilines is 1. The van der Waals surface area contributed by atoms with Crippen LogP contribution in [0.3, 0.4) is 0 Å². The summed E-state index contributed by atoms with van der Waals surface area (Å²) in [4.78, 5) is 17.4. The molecule has 6 aromatic carbocycles. The molecule has 1 amide bonds. The van der Waals surface area contributed by atoms with Gasteiger partial charge in [0, 0.05) is 33.8 Å². The highest BCUT2D eigenvalue weighted by Gasteiger charge is 2.21. The summed E-state index contributed by atoms with van der Waals surface area (Å²) in [6.07, 6.45) is 1.61. The highest BCUT2D eigenvalue weighted by Crippen LogP contribution is 2.46. The van der Waals surface area contributed by atoms with Crippen molar-refractivity contribution in [3.63, 3.8) is 0 Å². The number of nitrogens with one attached hydrogen (secondary N) is 1. The Balaban J connectivity index is 1.33. The number of fused-ring (bicyclic) bond motifs is 7. The number of pyridine rings is 1. The van der Waals surface area contributed by atoms with Crippen LogP contribution in [0.5, 0.6) is 5.75 Å². The molecule has 8 aromatic rings. The van der Waals surface area contributed by atoms with Gasteiger partial charge in [-0.3, -0.25) is 9.78 Å². The molecule has 2 heterocycles. The summed E-state index contributed by atoms with van der Waals surface area (Å²) in [5, 5.41) is 9.41. The van der Waals surface area contributed by atoms with Crippen molar-refractivity contribution in [1.82, 2.24) is 4.98 Å². The van der Waals surface area contributed by atoms with Crippen molar-refractivity contribution < 1.29 is 17.7 Å². The number of rotatable bonds is 5. The first kappa shape index (κ1) is 28.6. The fraction of sp³-hybridized carbons (Fsp3) is 0.0500. The monoisotopic (exact) mass is 632 g/mol. The predicted octanol–water partition coefficient (Wildman–Crippen LogP) is 11.4. The zero-order valence-corrected chi connectivity index (χ0v) is 26.6. The molecule has 0 bridgehead atoms. The van der Waals surface area contributed by atoms with Gasteiger partial charge in [0.1, 0.15) is 22.6 Å². The lowest BCUT2D eigenvalue weighted by atomic mass is 9.94. The Bertz CT molecular complexity index is 2430. The summed E-state index contributed by atoms with van der Waals surface area (Å²) in [6.45, 7) is 4.05. The molecule has 0 aliphatic heterocycles. The van der Waals surface area contributed by atoms with Gasteiger partial charge < -0.3 is 18.2 Å². The van der Waals surface area contributed by atoms with Crippen molar-refractivity contribution in [2.75, 3.05) is 5.32 Å². The van der Waals surface area contributed by atoms with Crippen LogP contribution in [0.15, 0.2) is 142 Å². The first-order valence-corrected chi connectivity index (χ1v) is 16.4. The lowest BCUT2D eigenvalue weighted by Crippen LogP contribution is -2.14. The lowest BCUT2D eigenvalue weighted by Gasteiger charge is -2.18. The molecule has 0 aliphatic rings. The summed E-state index contributed by atoms with van der Waals surface area (Å²) in [5.41, 5.74) is 6.04. The normalized spacial score (nSPS) is 11.3. The number of benzene rings is 6. The summed E-state index contributed by atoms with van der Waals surface area (Å²) >= 11 is 0. The Labute approximate surface area is 271 Å². The molecule has 0 radical (unpaired) electrons. The van der Waals surface area contributed by atoms with Crippen LogP contribution < -0.4 is 9.84 Å². The SMILES string of the molecule is Cc1cccc(NC(=O)c2ccccn2)c1-c1c(C)cccc1Op1oc2ccc3ccccc3c2c2c(ccc3ccccc32)o1. The third kappa shape index (κ3) is 5.19. The lowest BCUT2D eigenvalue weighted by molar-refractivity contribution is 0.102.